The van der Waals surface area contributed by atoms with Gasteiger partial charge in [0.2, 0.25) is 21.8 Å². The van der Waals surface area contributed by atoms with Crippen LogP contribution in [0.2, 0.25) is 15.1 Å². The fraction of sp³-hybridized carbons (Fsp3) is 0.259. The van der Waals surface area contributed by atoms with Gasteiger partial charge in [0, 0.05) is 20.0 Å². The smallest absolute Gasteiger partial charge is 0.244 e. The van der Waals surface area contributed by atoms with Crippen LogP contribution in [0.25, 0.3) is 0 Å². The Morgan fingerprint density at radius 3 is 2.18 bits per heavy atom. The van der Waals surface area contributed by atoms with Gasteiger partial charge in [-0.1, -0.05) is 71.2 Å². The highest BCUT2D eigenvalue weighted by molar-refractivity contribution is 7.92. The van der Waals surface area contributed by atoms with Crippen molar-refractivity contribution in [2.24, 2.45) is 0 Å². The van der Waals surface area contributed by atoms with Crippen LogP contribution in [0.3, 0.4) is 0 Å². The molecule has 2 amide bonds. The van der Waals surface area contributed by atoms with Gasteiger partial charge in [0.25, 0.3) is 0 Å². The minimum atomic E-state index is -3.93. The van der Waals surface area contributed by atoms with E-state index < -0.39 is 34.4 Å². The second kappa shape index (κ2) is 13.4. The van der Waals surface area contributed by atoms with Gasteiger partial charge in [0.1, 0.15) is 18.3 Å². The Morgan fingerprint density at radius 1 is 0.923 bits per heavy atom. The number of nitrogens with zero attached hydrogens (tertiary/aromatic N) is 2. The molecule has 0 fully saturated rings. The molecule has 0 heterocycles. The van der Waals surface area contributed by atoms with Crippen LogP contribution in [-0.2, 0) is 32.6 Å². The van der Waals surface area contributed by atoms with E-state index in [1.165, 1.54) is 37.3 Å². The molecule has 1 N–H and O–H groups in total. The second-order valence-electron chi connectivity index (χ2n) is 8.68. The van der Waals surface area contributed by atoms with E-state index in [-0.39, 0.29) is 28.7 Å². The molecule has 0 saturated carbocycles. The number of likely N-dealkylation sites (N-methyl/N-ethyl adjacent to an activating group) is 1. The Balaban J connectivity index is 2.05. The molecule has 208 valence electrons. The predicted molar refractivity (Wildman–Crippen MR) is 155 cm³/mol. The molecule has 3 rings (SSSR count). The molecule has 12 heteroatoms. The van der Waals surface area contributed by atoms with Crippen LogP contribution in [-0.4, -0.2) is 58.1 Å². The number of carbonyl (C=O) groups excluding carboxylic acids is 2. The summed E-state index contributed by atoms with van der Waals surface area (Å²) in [5.74, 6) is -0.669. The van der Waals surface area contributed by atoms with Gasteiger partial charge in [-0.15, -0.1) is 0 Å². The molecule has 3 aromatic carbocycles. The molecule has 0 radical (unpaired) electrons. The van der Waals surface area contributed by atoms with E-state index in [9.17, 15) is 18.0 Å². The van der Waals surface area contributed by atoms with Crippen LogP contribution in [0.4, 0.5) is 5.69 Å². The summed E-state index contributed by atoms with van der Waals surface area (Å²) in [5.41, 5.74) is 1.60. The van der Waals surface area contributed by atoms with E-state index in [1.54, 1.807) is 18.2 Å². The number of hydrogen-bond donors (Lipinski definition) is 1. The SMILES string of the molecule is CNC(=O)[C@H](Cc1ccccc1)N(Cc1ccc(Cl)c(Cl)c1)C(=O)CN(c1ccc(OC)c(Cl)c1)S(C)(=O)=O. The lowest BCUT2D eigenvalue weighted by molar-refractivity contribution is -0.139. The van der Waals surface area contributed by atoms with Gasteiger partial charge in [-0.2, -0.15) is 0 Å². The van der Waals surface area contributed by atoms with Crippen LogP contribution < -0.4 is 14.4 Å². The average Bonchev–Trinajstić information content (AvgIpc) is 2.90. The van der Waals surface area contributed by atoms with Crippen molar-refractivity contribution in [3.8, 4) is 5.75 Å². The Hall–Kier alpha value is -2.98. The second-order valence-corrected chi connectivity index (χ2v) is 11.8. The Morgan fingerprint density at radius 2 is 1.62 bits per heavy atom. The Kier molecular flexibility index (Phi) is 10.5. The van der Waals surface area contributed by atoms with E-state index in [4.69, 9.17) is 39.5 Å². The highest BCUT2D eigenvalue weighted by Crippen LogP contribution is 2.31. The molecule has 0 aliphatic heterocycles. The number of anilines is 1. The summed E-state index contributed by atoms with van der Waals surface area (Å²) in [6, 6.07) is 17.5. The van der Waals surface area contributed by atoms with E-state index in [0.29, 0.717) is 16.3 Å². The minimum absolute atomic E-state index is 0.0262. The molecule has 0 aliphatic carbocycles. The summed E-state index contributed by atoms with van der Waals surface area (Å²) in [6.45, 7) is -0.604. The topological polar surface area (TPSA) is 96.0 Å². The molecule has 1 atom stereocenters. The van der Waals surface area contributed by atoms with E-state index in [2.05, 4.69) is 5.32 Å². The maximum absolute atomic E-state index is 13.9. The van der Waals surface area contributed by atoms with Crippen LogP contribution in [0, 0.1) is 0 Å². The number of rotatable bonds is 11. The molecule has 0 unspecified atom stereocenters. The molecule has 0 spiro atoms. The summed E-state index contributed by atoms with van der Waals surface area (Å²) in [7, 11) is -1.02. The van der Waals surface area contributed by atoms with Crippen LogP contribution in [0.15, 0.2) is 66.7 Å². The van der Waals surface area contributed by atoms with Gasteiger partial charge >= 0.3 is 0 Å². The zero-order valence-corrected chi connectivity index (χ0v) is 24.6. The molecular formula is C27H28Cl3N3O5S. The molecule has 0 saturated heterocycles. The Labute approximate surface area is 243 Å². The zero-order valence-electron chi connectivity index (χ0n) is 21.5. The van der Waals surface area contributed by atoms with Crippen LogP contribution in [0.5, 0.6) is 5.75 Å². The third-order valence-corrected chi connectivity index (χ3v) is 8.13. The number of hydrogen-bond acceptors (Lipinski definition) is 5. The lowest BCUT2D eigenvalue weighted by atomic mass is 10.0. The third kappa shape index (κ3) is 8.02. The highest BCUT2D eigenvalue weighted by atomic mass is 35.5. The normalized spacial score (nSPS) is 11.9. The summed E-state index contributed by atoms with van der Waals surface area (Å²) in [5, 5.41) is 3.42. The lowest BCUT2D eigenvalue weighted by Crippen LogP contribution is -2.52. The molecule has 3 aromatic rings. The van der Waals surface area contributed by atoms with Crippen molar-refractivity contribution < 1.29 is 22.7 Å². The number of nitrogens with one attached hydrogen (secondary N) is 1. The van der Waals surface area contributed by atoms with Crippen molar-refractivity contribution in [1.82, 2.24) is 10.2 Å². The van der Waals surface area contributed by atoms with E-state index in [1.807, 2.05) is 30.3 Å². The summed E-state index contributed by atoms with van der Waals surface area (Å²) < 4.78 is 31.7. The molecule has 0 aromatic heterocycles. The number of amides is 2. The molecule has 8 nitrogen and oxygen atoms in total. The first kappa shape index (κ1) is 30.6. The average molecular weight is 613 g/mol. The first-order valence-corrected chi connectivity index (χ1v) is 14.7. The predicted octanol–water partition coefficient (Wildman–Crippen LogP) is 4.81. The van der Waals surface area contributed by atoms with Crippen molar-refractivity contribution in [3.63, 3.8) is 0 Å². The van der Waals surface area contributed by atoms with Gasteiger partial charge in [0.15, 0.2) is 0 Å². The summed E-state index contributed by atoms with van der Waals surface area (Å²) in [6.07, 6.45) is 1.18. The van der Waals surface area contributed by atoms with Crippen LogP contribution in [0.1, 0.15) is 11.1 Å². The van der Waals surface area contributed by atoms with Gasteiger partial charge in [-0.3, -0.25) is 13.9 Å². The fourth-order valence-corrected chi connectivity index (χ4v) is 5.39. The molecule has 0 aliphatic rings. The number of benzene rings is 3. The maximum Gasteiger partial charge on any atom is 0.244 e. The maximum atomic E-state index is 13.9. The van der Waals surface area contributed by atoms with Gasteiger partial charge in [0.05, 0.1) is 34.1 Å². The summed E-state index contributed by atoms with van der Waals surface area (Å²) in [4.78, 5) is 28.4. The first-order valence-electron chi connectivity index (χ1n) is 11.7. The van der Waals surface area contributed by atoms with Crippen molar-refractivity contribution >= 4 is 62.3 Å². The standard InChI is InChI=1S/C27H28Cl3N3O5S/c1-31-27(35)24(14-18-7-5-4-6-8-18)32(16-19-9-11-21(28)22(29)13-19)26(34)17-33(39(3,36)37)20-10-12-25(38-2)23(30)15-20/h4-13,15,24H,14,16-17H2,1-3H3,(H,31,35)/t24-/m0/s1. The number of carbonyl (C=O) groups is 2. The number of ether oxygens (including phenoxy) is 1. The fourth-order valence-electron chi connectivity index (χ4n) is 3.98. The number of halogens is 3. The molecule has 0 bridgehead atoms. The van der Waals surface area contributed by atoms with Crippen molar-refractivity contribution in [2.45, 2.75) is 19.0 Å². The van der Waals surface area contributed by atoms with Crippen LogP contribution >= 0.6 is 34.8 Å². The van der Waals surface area contributed by atoms with Gasteiger partial charge in [-0.05, 0) is 41.5 Å². The Bertz CT molecular complexity index is 1440. The minimum Gasteiger partial charge on any atom is -0.495 e. The lowest BCUT2D eigenvalue weighted by Gasteiger charge is -2.33. The zero-order chi connectivity index (χ0) is 28.7. The highest BCUT2D eigenvalue weighted by Gasteiger charge is 2.32. The molecule has 39 heavy (non-hydrogen) atoms. The van der Waals surface area contributed by atoms with Crippen molar-refractivity contribution in [3.05, 3.63) is 92.9 Å². The van der Waals surface area contributed by atoms with E-state index in [0.717, 1.165) is 16.1 Å². The largest absolute Gasteiger partial charge is 0.495 e. The quantitative estimate of drug-likeness (QED) is 0.335. The van der Waals surface area contributed by atoms with E-state index >= 15 is 0 Å². The molecular weight excluding hydrogens is 585 g/mol. The number of methoxy groups -OCH3 is 1. The van der Waals surface area contributed by atoms with Crippen molar-refractivity contribution in [1.29, 1.82) is 0 Å². The van der Waals surface area contributed by atoms with Crippen molar-refractivity contribution in [2.75, 3.05) is 31.3 Å². The third-order valence-electron chi connectivity index (χ3n) is 5.96. The summed E-state index contributed by atoms with van der Waals surface area (Å²) >= 11 is 18.5. The van der Waals surface area contributed by atoms with Gasteiger partial charge in [-0.25, -0.2) is 8.42 Å². The monoisotopic (exact) mass is 611 g/mol. The first-order chi connectivity index (χ1) is 18.4. The number of sulfonamides is 1. The van der Waals surface area contributed by atoms with Gasteiger partial charge < -0.3 is 15.0 Å².